The highest BCUT2D eigenvalue weighted by atomic mass is 32.2. The van der Waals surface area contributed by atoms with Gasteiger partial charge in [0.1, 0.15) is 0 Å². The Morgan fingerprint density at radius 2 is 1.90 bits per heavy atom. The molecule has 0 unspecified atom stereocenters. The van der Waals surface area contributed by atoms with Crippen molar-refractivity contribution in [2.45, 2.75) is 18.4 Å². The number of aryl methyl sites for hydroxylation is 1. The third kappa shape index (κ3) is 4.23. The van der Waals surface area contributed by atoms with E-state index < -0.39 is 0 Å². The summed E-state index contributed by atoms with van der Waals surface area (Å²) in [7, 11) is 0. The van der Waals surface area contributed by atoms with E-state index in [1.165, 1.54) is 5.56 Å². The van der Waals surface area contributed by atoms with Gasteiger partial charge in [0, 0.05) is 17.2 Å². The quantitative estimate of drug-likeness (QED) is 0.639. The number of hydrogen-bond acceptors (Lipinski definition) is 2. The van der Waals surface area contributed by atoms with Gasteiger partial charge in [0.25, 0.3) is 5.91 Å². The predicted molar refractivity (Wildman–Crippen MR) is 89.7 cm³/mol. The second-order valence-corrected chi connectivity index (χ2v) is 5.77. The molecular weight excluding hydrogens is 278 g/mol. The van der Waals surface area contributed by atoms with Gasteiger partial charge >= 0.3 is 0 Å². The van der Waals surface area contributed by atoms with Gasteiger partial charge in [-0.3, -0.25) is 4.79 Å². The molecule has 0 aromatic heterocycles. The number of nitrogens with one attached hydrogen (secondary N) is 1. The Bertz CT molecular complexity index is 637. The van der Waals surface area contributed by atoms with E-state index in [-0.39, 0.29) is 5.91 Å². The van der Waals surface area contributed by atoms with Crippen LogP contribution in [0.3, 0.4) is 0 Å². The number of thioether (sulfide) groups is 1. The Morgan fingerprint density at radius 3 is 2.67 bits per heavy atom. The predicted octanol–water partition coefficient (Wildman–Crippen LogP) is 4.20. The lowest BCUT2D eigenvalue weighted by Crippen LogP contribution is -2.23. The summed E-state index contributed by atoms with van der Waals surface area (Å²) >= 11 is 1.62. The fourth-order valence-corrected chi connectivity index (χ4v) is 2.80. The van der Waals surface area contributed by atoms with Crippen molar-refractivity contribution in [1.82, 2.24) is 5.32 Å². The van der Waals surface area contributed by atoms with Crippen LogP contribution in [0.5, 0.6) is 0 Å². The van der Waals surface area contributed by atoms with Gasteiger partial charge in [-0.05, 0) is 30.2 Å². The average molecular weight is 297 g/mol. The monoisotopic (exact) mass is 297 g/mol. The first kappa shape index (κ1) is 15.4. The van der Waals surface area contributed by atoms with Crippen LogP contribution in [0.4, 0.5) is 0 Å². The van der Waals surface area contributed by atoms with Crippen LogP contribution in [-0.2, 0) is 6.54 Å². The molecule has 1 N–H and O–H groups in total. The molecule has 0 saturated heterocycles. The molecule has 21 heavy (non-hydrogen) atoms. The topological polar surface area (TPSA) is 29.1 Å². The summed E-state index contributed by atoms with van der Waals surface area (Å²) in [6.07, 6.45) is 1.84. The standard InChI is InChI=1S/C18H19NOS/c1-3-12-21-17-11-7-6-10-16(17)18(20)19-13-15-9-5-4-8-14(15)2/h3-11H,1,12-13H2,2H3,(H,19,20). The molecule has 2 nitrogen and oxygen atoms in total. The van der Waals surface area contributed by atoms with Gasteiger partial charge in [0.05, 0.1) is 5.56 Å². The molecule has 0 bridgehead atoms. The Labute approximate surface area is 130 Å². The van der Waals surface area contributed by atoms with E-state index in [1.807, 2.05) is 48.5 Å². The summed E-state index contributed by atoms with van der Waals surface area (Å²) in [5, 5.41) is 2.99. The van der Waals surface area contributed by atoms with Crippen LogP contribution in [0.15, 0.2) is 66.1 Å². The number of carbonyl (C=O) groups is 1. The Morgan fingerprint density at radius 1 is 1.19 bits per heavy atom. The first-order valence-electron chi connectivity index (χ1n) is 6.88. The highest BCUT2D eigenvalue weighted by Gasteiger charge is 2.10. The van der Waals surface area contributed by atoms with Gasteiger partial charge in [-0.25, -0.2) is 0 Å². The van der Waals surface area contributed by atoms with Gasteiger partial charge in [-0.1, -0.05) is 42.5 Å². The van der Waals surface area contributed by atoms with Crippen LogP contribution in [0.2, 0.25) is 0 Å². The maximum Gasteiger partial charge on any atom is 0.252 e. The third-order valence-corrected chi connectivity index (χ3v) is 4.26. The lowest BCUT2D eigenvalue weighted by atomic mass is 10.1. The summed E-state index contributed by atoms with van der Waals surface area (Å²) < 4.78 is 0. The van der Waals surface area contributed by atoms with Gasteiger partial charge < -0.3 is 5.32 Å². The largest absolute Gasteiger partial charge is 0.348 e. The van der Waals surface area contributed by atoms with Crippen molar-refractivity contribution in [3.05, 3.63) is 77.9 Å². The van der Waals surface area contributed by atoms with Crippen LogP contribution in [0, 0.1) is 6.92 Å². The molecule has 2 aromatic carbocycles. The lowest BCUT2D eigenvalue weighted by Gasteiger charge is -2.10. The number of rotatable bonds is 6. The Hall–Kier alpha value is -2.00. The van der Waals surface area contributed by atoms with Gasteiger partial charge in [-0.2, -0.15) is 0 Å². The summed E-state index contributed by atoms with van der Waals surface area (Å²) in [5.74, 6) is 0.757. The van der Waals surface area contributed by atoms with E-state index in [0.29, 0.717) is 6.54 Å². The van der Waals surface area contributed by atoms with Crippen molar-refractivity contribution in [3.63, 3.8) is 0 Å². The summed E-state index contributed by atoms with van der Waals surface area (Å²) in [6, 6.07) is 15.7. The SMILES string of the molecule is C=CCSc1ccccc1C(=O)NCc1ccccc1C. The second kappa shape index (κ2) is 7.70. The maximum absolute atomic E-state index is 12.4. The fraction of sp³-hybridized carbons (Fsp3) is 0.167. The van der Waals surface area contributed by atoms with Crippen molar-refractivity contribution in [1.29, 1.82) is 0 Å². The van der Waals surface area contributed by atoms with Gasteiger partial charge in [0.2, 0.25) is 0 Å². The van der Waals surface area contributed by atoms with Crippen LogP contribution in [0.1, 0.15) is 21.5 Å². The maximum atomic E-state index is 12.4. The molecule has 0 aliphatic heterocycles. The van der Waals surface area contributed by atoms with Crippen molar-refractivity contribution in [2.24, 2.45) is 0 Å². The van der Waals surface area contributed by atoms with Crippen molar-refractivity contribution in [2.75, 3.05) is 5.75 Å². The zero-order chi connectivity index (χ0) is 15.1. The number of hydrogen-bond donors (Lipinski definition) is 1. The number of carbonyl (C=O) groups excluding carboxylic acids is 1. The van der Waals surface area contributed by atoms with E-state index in [2.05, 4.69) is 24.9 Å². The van der Waals surface area contributed by atoms with E-state index in [4.69, 9.17) is 0 Å². The first-order valence-corrected chi connectivity index (χ1v) is 7.86. The molecule has 0 aliphatic carbocycles. The smallest absolute Gasteiger partial charge is 0.252 e. The highest BCUT2D eigenvalue weighted by Crippen LogP contribution is 2.22. The molecule has 1 amide bonds. The summed E-state index contributed by atoms with van der Waals surface area (Å²) in [6.45, 7) is 6.31. The van der Waals surface area contributed by atoms with E-state index in [1.54, 1.807) is 11.8 Å². The van der Waals surface area contributed by atoms with Crippen LogP contribution in [-0.4, -0.2) is 11.7 Å². The van der Waals surface area contributed by atoms with E-state index in [0.717, 1.165) is 21.8 Å². The molecule has 2 rings (SSSR count). The molecule has 0 saturated carbocycles. The molecule has 0 heterocycles. The Kier molecular flexibility index (Phi) is 5.64. The molecular formula is C18H19NOS. The zero-order valence-corrected chi connectivity index (χ0v) is 13.0. The number of benzene rings is 2. The minimum atomic E-state index is -0.0367. The fourth-order valence-electron chi connectivity index (χ4n) is 2.01. The van der Waals surface area contributed by atoms with Crippen LogP contribution < -0.4 is 5.32 Å². The van der Waals surface area contributed by atoms with Crippen molar-refractivity contribution >= 4 is 17.7 Å². The molecule has 0 spiro atoms. The molecule has 0 radical (unpaired) electrons. The third-order valence-electron chi connectivity index (χ3n) is 3.19. The van der Waals surface area contributed by atoms with Crippen molar-refractivity contribution < 1.29 is 4.79 Å². The average Bonchev–Trinajstić information content (AvgIpc) is 2.52. The van der Waals surface area contributed by atoms with Gasteiger partial charge in [-0.15, -0.1) is 18.3 Å². The first-order chi connectivity index (χ1) is 10.2. The van der Waals surface area contributed by atoms with Crippen molar-refractivity contribution in [3.8, 4) is 0 Å². The summed E-state index contributed by atoms with van der Waals surface area (Å²) in [4.78, 5) is 13.3. The molecule has 0 atom stereocenters. The second-order valence-electron chi connectivity index (χ2n) is 4.71. The molecule has 2 aromatic rings. The molecule has 108 valence electrons. The van der Waals surface area contributed by atoms with Crippen LogP contribution >= 0.6 is 11.8 Å². The lowest BCUT2D eigenvalue weighted by molar-refractivity contribution is 0.0948. The molecule has 0 aliphatic rings. The minimum Gasteiger partial charge on any atom is -0.348 e. The molecule has 3 heteroatoms. The number of amides is 1. The van der Waals surface area contributed by atoms with Gasteiger partial charge in [0.15, 0.2) is 0 Å². The summed E-state index contributed by atoms with van der Waals surface area (Å²) in [5.41, 5.74) is 3.05. The normalized spacial score (nSPS) is 10.1. The zero-order valence-electron chi connectivity index (χ0n) is 12.1. The highest BCUT2D eigenvalue weighted by molar-refractivity contribution is 7.99. The van der Waals surface area contributed by atoms with E-state index in [9.17, 15) is 4.79 Å². The van der Waals surface area contributed by atoms with E-state index >= 15 is 0 Å². The minimum absolute atomic E-state index is 0.0367. The van der Waals surface area contributed by atoms with Crippen LogP contribution in [0.25, 0.3) is 0 Å². The Balaban J connectivity index is 2.07. The molecule has 0 fully saturated rings.